The Morgan fingerprint density at radius 3 is 2.93 bits per heavy atom. The fourth-order valence-electron chi connectivity index (χ4n) is 2.12. The highest BCUT2D eigenvalue weighted by atomic mass is 79.9. The second-order valence-electron chi connectivity index (χ2n) is 3.76. The molecular weight excluding hydrogens is 264 g/mol. The van der Waals surface area contributed by atoms with Crippen molar-refractivity contribution in [3.8, 4) is 0 Å². The second-order valence-corrected chi connectivity index (χ2v) is 4.51. The van der Waals surface area contributed by atoms with Crippen LogP contribution in [0.25, 0.3) is 0 Å². The van der Waals surface area contributed by atoms with Crippen molar-refractivity contribution in [2.75, 3.05) is 0 Å². The minimum atomic E-state index is -1.79. The number of aryl methyl sites for hydroxylation is 1. The molecule has 0 aromatic carbocycles. The van der Waals surface area contributed by atoms with E-state index in [2.05, 4.69) is 21.0 Å². The van der Waals surface area contributed by atoms with Gasteiger partial charge in [-0.1, -0.05) is 0 Å². The SMILES string of the molecule is Cn1nc(Br)c2c1C(O)(C(=O)O)CCC2. The van der Waals surface area contributed by atoms with Gasteiger partial charge >= 0.3 is 5.97 Å². The summed E-state index contributed by atoms with van der Waals surface area (Å²) in [6.07, 6.45) is 1.64. The first-order valence-corrected chi connectivity index (χ1v) is 5.43. The monoisotopic (exact) mass is 274 g/mol. The minimum absolute atomic E-state index is 0.237. The van der Waals surface area contributed by atoms with Gasteiger partial charge < -0.3 is 10.2 Å². The Morgan fingerprint density at radius 2 is 2.33 bits per heavy atom. The van der Waals surface area contributed by atoms with Crippen molar-refractivity contribution in [2.45, 2.75) is 24.9 Å². The molecule has 6 heteroatoms. The molecule has 15 heavy (non-hydrogen) atoms. The normalized spacial score (nSPS) is 25.0. The van der Waals surface area contributed by atoms with Gasteiger partial charge in [-0.25, -0.2) is 4.79 Å². The highest BCUT2D eigenvalue weighted by molar-refractivity contribution is 9.10. The first-order valence-electron chi connectivity index (χ1n) is 4.64. The van der Waals surface area contributed by atoms with Crippen molar-refractivity contribution in [1.29, 1.82) is 0 Å². The van der Waals surface area contributed by atoms with Crippen LogP contribution in [0.2, 0.25) is 0 Å². The zero-order chi connectivity index (χ0) is 11.2. The van der Waals surface area contributed by atoms with E-state index in [1.165, 1.54) is 4.68 Å². The molecule has 1 aromatic rings. The summed E-state index contributed by atoms with van der Waals surface area (Å²) in [5.41, 5.74) is -0.594. The molecule has 0 saturated heterocycles. The molecule has 1 heterocycles. The summed E-state index contributed by atoms with van der Waals surface area (Å²) < 4.78 is 2.06. The first-order chi connectivity index (χ1) is 6.97. The van der Waals surface area contributed by atoms with E-state index in [4.69, 9.17) is 5.11 Å². The van der Waals surface area contributed by atoms with Crippen LogP contribution in [-0.2, 0) is 23.9 Å². The van der Waals surface area contributed by atoms with Gasteiger partial charge in [0.15, 0.2) is 0 Å². The summed E-state index contributed by atoms with van der Waals surface area (Å²) >= 11 is 3.27. The smallest absolute Gasteiger partial charge is 0.342 e. The molecule has 2 N–H and O–H groups in total. The predicted octanol–water partition coefficient (Wildman–Crippen LogP) is 0.791. The van der Waals surface area contributed by atoms with E-state index >= 15 is 0 Å². The standard InChI is InChI=1S/C9H11BrN2O3/c1-12-6-5(7(10)11-12)3-2-4-9(6,15)8(13)14/h15H,2-4H2,1H3,(H,13,14). The number of rotatable bonds is 1. The Balaban J connectivity index is 2.65. The van der Waals surface area contributed by atoms with Crippen molar-refractivity contribution < 1.29 is 15.0 Å². The highest BCUT2D eigenvalue weighted by Crippen LogP contribution is 2.38. The lowest BCUT2D eigenvalue weighted by atomic mass is 9.84. The number of halogens is 1. The third kappa shape index (κ3) is 1.39. The number of carboxylic acids is 1. The molecule has 0 radical (unpaired) electrons. The van der Waals surface area contributed by atoms with Gasteiger partial charge in [0.05, 0.1) is 5.69 Å². The van der Waals surface area contributed by atoms with Crippen LogP contribution >= 0.6 is 15.9 Å². The van der Waals surface area contributed by atoms with Crippen molar-refractivity contribution in [2.24, 2.45) is 7.05 Å². The van der Waals surface area contributed by atoms with Crippen LogP contribution in [-0.4, -0.2) is 26.0 Å². The topological polar surface area (TPSA) is 75.3 Å². The van der Waals surface area contributed by atoms with Gasteiger partial charge in [0.2, 0.25) is 5.60 Å². The molecule has 0 spiro atoms. The van der Waals surface area contributed by atoms with Gasteiger partial charge in [-0.2, -0.15) is 5.10 Å². The quantitative estimate of drug-likeness (QED) is 0.794. The Labute approximate surface area is 94.8 Å². The van der Waals surface area contributed by atoms with Crippen LogP contribution in [0, 0.1) is 0 Å². The molecule has 0 amide bonds. The maximum atomic E-state index is 11.1. The number of carbonyl (C=O) groups is 1. The average Bonchev–Trinajstić information content (AvgIpc) is 2.44. The molecule has 5 nitrogen and oxygen atoms in total. The van der Waals surface area contributed by atoms with Crippen LogP contribution in [0.4, 0.5) is 0 Å². The Bertz CT molecular complexity index is 429. The number of carboxylic acid groups (broad SMARTS) is 1. The minimum Gasteiger partial charge on any atom is -0.479 e. The third-order valence-corrected chi connectivity index (χ3v) is 3.44. The lowest BCUT2D eigenvalue weighted by molar-refractivity contribution is -0.162. The van der Waals surface area contributed by atoms with E-state index in [9.17, 15) is 9.90 Å². The van der Waals surface area contributed by atoms with E-state index in [1.54, 1.807) is 7.05 Å². The molecule has 1 aliphatic rings. The summed E-state index contributed by atoms with van der Waals surface area (Å²) in [6.45, 7) is 0. The second kappa shape index (κ2) is 3.31. The van der Waals surface area contributed by atoms with Crippen molar-refractivity contribution >= 4 is 21.9 Å². The molecule has 1 aromatic heterocycles. The number of aliphatic carboxylic acids is 1. The summed E-state index contributed by atoms with van der Waals surface area (Å²) in [5, 5.41) is 23.3. The zero-order valence-corrected chi connectivity index (χ0v) is 9.78. The summed E-state index contributed by atoms with van der Waals surface area (Å²) in [5.74, 6) is -1.21. The molecule has 1 unspecified atom stereocenters. The zero-order valence-electron chi connectivity index (χ0n) is 8.20. The molecule has 0 aliphatic heterocycles. The number of nitrogens with zero attached hydrogens (tertiary/aromatic N) is 2. The molecule has 82 valence electrons. The fourth-order valence-corrected chi connectivity index (χ4v) is 2.75. The highest BCUT2D eigenvalue weighted by Gasteiger charge is 2.45. The van der Waals surface area contributed by atoms with Crippen LogP contribution in [0.5, 0.6) is 0 Å². The third-order valence-electron chi connectivity index (χ3n) is 2.81. The van der Waals surface area contributed by atoms with E-state index in [0.717, 1.165) is 12.0 Å². The molecule has 0 bridgehead atoms. The largest absolute Gasteiger partial charge is 0.479 e. The molecular formula is C9H11BrN2O3. The van der Waals surface area contributed by atoms with Gasteiger partial charge in [0, 0.05) is 12.6 Å². The molecule has 0 fully saturated rings. The maximum absolute atomic E-state index is 11.1. The van der Waals surface area contributed by atoms with E-state index < -0.39 is 11.6 Å². The maximum Gasteiger partial charge on any atom is 0.342 e. The summed E-state index contributed by atoms with van der Waals surface area (Å²) in [7, 11) is 1.64. The average molecular weight is 275 g/mol. The van der Waals surface area contributed by atoms with Gasteiger partial charge in [-0.3, -0.25) is 4.68 Å². The van der Waals surface area contributed by atoms with Crippen molar-refractivity contribution in [1.82, 2.24) is 9.78 Å². The number of aromatic nitrogens is 2. The first kappa shape index (κ1) is 10.6. The van der Waals surface area contributed by atoms with E-state index in [0.29, 0.717) is 16.7 Å². The van der Waals surface area contributed by atoms with E-state index in [-0.39, 0.29) is 6.42 Å². The van der Waals surface area contributed by atoms with Crippen LogP contribution in [0.15, 0.2) is 4.60 Å². The predicted molar refractivity (Wildman–Crippen MR) is 55.4 cm³/mol. The molecule has 1 aliphatic carbocycles. The van der Waals surface area contributed by atoms with Crippen LogP contribution < -0.4 is 0 Å². The van der Waals surface area contributed by atoms with Crippen molar-refractivity contribution in [3.63, 3.8) is 0 Å². The molecule has 0 saturated carbocycles. The molecule has 1 atom stereocenters. The van der Waals surface area contributed by atoms with Gasteiger partial charge in [-0.05, 0) is 35.2 Å². The van der Waals surface area contributed by atoms with Gasteiger partial charge in [-0.15, -0.1) is 0 Å². The Hall–Kier alpha value is -0.880. The van der Waals surface area contributed by atoms with Gasteiger partial charge in [0.25, 0.3) is 0 Å². The summed E-state index contributed by atoms with van der Waals surface area (Å²) in [4.78, 5) is 11.1. The molecule has 2 rings (SSSR count). The number of hydrogen-bond acceptors (Lipinski definition) is 3. The lowest BCUT2D eigenvalue weighted by Crippen LogP contribution is -2.40. The van der Waals surface area contributed by atoms with Gasteiger partial charge in [0.1, 0.15) is 4.60 Å². The van der Waals surface area contributed by atoms with Crippen LogP contribution in [0.1, 0.15) is 24.1 Å². The van der Waals surface area contributed by atoms with E-state index in [1.807, 2.05) is 0 Å². The van der Waals surface area contributed by atoms with Crippen molar-refractivity contribution in [3.05, 3.63) is 15.9 Å². The summed E-state index contributed by atoms with van der Waals surface area (Å²) in [6, 6.07) is 0. The number of fused-ring (bicyclic) bond motifs is 1. The van der Waals surface area contributed by atoms with Crippen LogP contribution in [0.3, 0.4) is 0 Å². The fraction of sp³-hybridized carbons (Fsp3) is 0.556. The Kier molecular flexibility index (Phi) is 2.35. The number of hydrogen-bond donors (Lipinski definition) is 2. The lowest BCUT2D eigenvalue weighted by Gasteiger charge is -2.28. The number of aliphatic hydroxyl groups is 1. The Morgan fingerprint density at radius 1 is 1.67 bits per heavy atom.